The lowest BCUT2D eigenvalue weighted by molar-refractivity contribution is -0.121. The summed E-state index contributed by atoms with van der Waals surface area (Å²) in [6, 6.07) is 0. The average Bonchev–Trinajstić information content (AvgIpc) is 2.13. The highest BCUT2D eigenvalue weighted by Crippen LogP contribution is 1.65. The molecular formula is C9H15N3O2. The van der Waals surface area contributed by atoms with Crippen molar-refractivity contribution in [1.29, 1.82) is 0 Å². The van der Waals surface area contributed by atoms with E-state index in [-0.39, 0.29) is 18.4 Å². The maximum atomic E-state index is 11.0. The Bertz CT molecular complexity index is 233. The Balaban J connectivity index is 3.28. The van der Waals surface area contributed by atoms with Crippen molar-refractivity contribution in [3.05, 3.63) is 0 Å². The maximum Gasteiger partial charge on any atom is 0.234 e. The van der Waals surface area contributed by atoms with Crippen LogP contribution in [0.25, 0.3) is 0 Å². The van der Waals surface area contributed by atoms with Gasteiger partial charge in [0, 0.05) is 20.0 Å². The van der Waals surface area contributed by atoms with Gasteiger partial charge in [0.2, 0.25) is 11.8 Å². The van der Waals surface area contributed by atoms with Crippen molar-refractivity contribution in [2.45, 2.75) is 6.92 Å². The average molecular weight is 197 g/mol. The molecule has 0 bridgehead atoms. The van der Waals surface area contributed by atoms with Gasteiger partial charge in [0.25, 0.3) is 0 Å². The topological polar surface area (TPSA) is 70.2 Å². The fourth-order valence-electron chi connectivity index (χ4n) is 0.751. The zero-order valence-electron chi connectivity index (χ0n) is 8.22. The molecule has 2 amide bonds. The Morgan fingerprint density at radius 2 is 1.93 bits per heavy atom. The van der Waals surface area contributed by atoms with Crippen molar-refractivity contribution >= 4 is 11.8 Å². The van der Waals surface area contributed by atoms with Crippen LogP contribution in [0.5, 0.6) is 0 Å². The molecule has 0 fully saturated rings. The highest BCUT2D eigenvalue weighted by molar-refractivity contribution is 5.78. The van der Waals surface area contributed by atoms with Crippen molar-refractivity contribution < 1.29 is 9.59 Å². The fraction of sp³-hybridized carbons (Fsp3) is 0.556. The first-order valence-corrected chi connectivity index (χ1v) is 4.32. The Hall–Kier alpha value is -1.54. The molecule has 0 aromatic rings. The van der Waals surface area contributed by atoms with Gasteiger partial charge in [-0.15, -0.1) is 6.42 Å². The Morgan fingerprint density at radius 3 is 2.50 bits per heavy atom. The molecule has 0 aromatic carbocycles. The summed E-state index contributed by atoms with van der Waals surface area (Å²) in [5.41, 5.74) is 0. The van der Waals surface area contributed by atoms with E-state index in [1.807, 2.05) is 0 Å². The first-order chi connectivity index (χ1) is 6.66. The summed E-state index contributed by atoms with van der Waals surface area (Å²) in [6.45, 7) is 2.87. The van der Waals surface area contributed by atoms with Gasteiger partial charge < -0.3 is 10.6 Å². The zero-order chi connectivity index (χ0) is 10.8. The number of nitrogens with one attached hydrogen (secondary N) is 3. The van der Waals surface area contributed by atoms with Gasteiger partial charge >= 0.3 is 0 Å². The van der Waals surface area contributed by atoms with Crippen LogP contribution in [-0.4, -0.2) is 38.0 Å². The molecule has 0 heterocycles. The summed E-state index contributed by atoms with van der Waals surface area (Å²) >= 11 is 0. The third kappa shape index (κ3) is 8.56. The minimum absolute atomic E-state index is 0.107. The van der Waals surface area contributed by atoms with E-state index in [9.17, 15) is 9.59 Å². The van der Waals surface area contributed by atoms with Gasteiger partial charge in [0.1, 0.15) is 0 Å². The lowest BCUT2D eigenvalue weighted by atomic mass is 10.5. The van der Waals surface area contributed by atoms with Crippen LogP contribution >= 0.6 is 0 Å². The molecule has 5 nitrogen and oxygen atoms in total. The normalized spacial score (nSPS) is 8.86. The Labute approximate surface area is 83.6 Å². The maximum absolute atomic E-state index is 11.0. The van der Waals surface area contributed by atoms with Gasteiger partial charge in [-0.2, -0.15) is 0 Å². The summed E-state index contributed by atoms with van der Waals surface area (Å²) < 4.78 is 0. The number of hydrogen-bond donors (Lipinski definition) is 3. The van der Waals surface area contributed by atoms with E-state index in [2.05, 4.69) is 21.9 Å². The third-order valence-electron chi connectivity index (χ3n) is 1.33. The molecule has 0 saturated carbocycles. The second-order valence-electron chi connectivity index (χ2n) is 2.64. The van der Waals surface area contributed by atoms with Crippen LogP contribution in [0.4, 0.5) is 0 Å². The van der Waals surface area contributed by atoms with Gasteiger partial charge in [-0.05, 0) is 0 Å². The Morgan fingerprint density at radius 1 is 1.29 bits per heavy atom. The molecule has 14 heavy (non-hydrogen) atoms. The molecule has 0 aliphatic heterocycles. The number of terminal acetylenes is 1. The fourth-order valence-corrected chi connectivity index (χ4v) is 0.751. The number of hydrogen-bond acceptors (Lipinski definition) is 3. The van der Waals surface area contributed by atoms with E-state index in [0.717, 1.165) is 0 Å². The van der Waals surface area contributed by atoms with Crippen LogP contribution in [0, 0.1) is 12.3 Å². The minimum atomic E-state index is -0.134. The lowest BCUT2D eigenvalue weighted by Crippen LogP contribution is -2.38. The Kier molecular flexibility index (Phi) is 7.19. The molecule has 0 rings (SSSR count). The molecular weight excluding hydrogens is 182 g/mol. The van der Waals surface area contributed by atoms with E-state index in [4.69, 9.17) is 6.42 Å². The molecule has 5 heteroatoms. The first kappa shape index (κ1) is 12.5. The highest BCUT2D eigenvalue weighted by Gasteiger charge is 1.98. The molecule has 0 unspecified atom stereocenters. The number of rotatable bonds is 6. The van der Waals surface area contributed by atoms with Crippen molar-refractivity contribution in [1.82, 2.24) is 16.0 Å². The number of carbonyl (C=O) groups excluding carboxylic acids is 2. The van der Waals surface area contributed by atoms with E-state index in [1.54, 1.807) is 0 Å². The smallest absolute Gasteiger partial charge is 0.234 e. The van der Waals surface area contributed by atoms with Crippen LogP contribution in [0.15, 0.2) is 0 Å². The lowest BCUT2D eigenvalue weighted by Gasteiger charge is -2.05. The molecule has 3 N–H and O–H groups in total. The largest absolute Gasteiger partial charge is 0.355 e. The summed E-state index contributed by atoms with van der Waals surface area (Å²) in [7, 11) is 0. The van der Waals surface area contributed by atoms with Gasteiger partial charge in [-0.25, -0.2) is 0 Å². The third-order valence-corrected chi connectivity index (χ3v) is 1.33. The molecule has 0 aliphatic carbocycles. The predicted octanol–water partition coefficient (Wildman–Crippen LogP) is -1.54. The standard InChI is InChI=1S/C9H15N3O2/c1-3-4-10-7-9(14)12-6-5-11-8(2)13/h1,10H,4-7H2,2H3,(H,11,13)(H,12,14). The SMILES string of the molecule is C#CCNCC(=O)NCCNC(C)=O. The quantitative estimate of drug-likeness (QED) is 0.357. The van der Waals surface area contributed by atoms with Crippen LogP contribution < -0.4 is 16.0 Å². The van der Waals surface area contributed by atoms with Crippen LogP contribution in [-0.2, 0) is 9.59 Å². The van der Waals surface area contributed by atoms with E-state index in [0.29, 0.717) is 19.6 Å². The van der Waals surface area contributed by atoms with Crippen molar-refractivity contribution in [2.75, 3.05) is 26.2 Å². The second-order valence-corrected chi connectivity index (χ2v) is 2.64. The van der Waals surface area contributed by atoms with Crippen molar-refractivity contribution in [2.24, 2.45) is 0 Å². The van der Waals surface area contributed by atoms with Crippen LogP contribution in [0.2, 0.25) is 0 Å². The first-order valence-electron chi connectivity index (χ1n) is 4.32. The van der Waals surface area contributed by atoms with Gasteiger partial charge in [-0.1, -0.05) is 5.92 Å². The number of carbonyl (C=O) groups is 2. The second kappa shape index (κ2) is 8.08. The number of amides is 2. The highest BCUT2D eigenvalue weighted by atomic mass is 16.2. The molecule has 0 radical (unpaired) electrons. The summed E-state index contributed by atoms with van der Waals surface area (Å²) in [6.07, 6.45) is 4.98. The van der Waals surface area contributed by atoms with Crippen molar-refractivity contribution in [3.63, 3.8) is 0 Å². The van der Waals surface area contributed by atoms with Gasteiger partial charge in [0.15, 0.2) is 0 Å². The molecule has 0 atom stereocenters. The summed E-state index contributed by atoms with van der Waals surface area (Å²) in [5.74, 6) is 2.12. The summed E-state index contributed by atoms with van der Waals surface area (Å²) in [5, 5.41) is 7.92. The molecule has 0 aliphatic rings. The molecule has 0 aromatic heterocycles. The van der Waals surface area contributed by atoms with E-state index in [1.165, 1.54) is 6.92 Å². The van der Waals surface area contributed by atoms with Gasteiger partial charge in [-0.3, -0.25) is 14.9 Å². The molecule has 0 saturated heterocycles. The minimum Gasteiger partial charge on any atom is -0.355 e. The van der Waals surface area contributed by atoms with E-state index >= 15 is 0 Å². The predicted molar refractivity (Wildman–Crippen MR) is 53.4 cm³/mol. The molecule has 78 valence electrons. The summed E-state index contributed by atoms with van der Waals surface area (Å²) in [4.78, 5) is 21.4. The van der Waals surface area contributed by atoms with Crippen LogP contribution in [0.1, 0.15) is 6.92 Å². The molecule has 0 spiro atoms. The van der Waals surface area contributed by atoms with E-state index < -0.39 is 0 Å². The van der Waals surface area contributed by atoms with Crippen LogP contribution in [0.3, 0.4) is 0 Å². The van der Waals surface area contributed by atoms with Gasteiger partial charge in [0.05, 0.1) is 13.1 Å². The monoisotopic (exact) mass is 197 g/mol. The zero-order valence-corrected chi connectivity index (χ0v) is 8.22. The van der Waals surface area contributed by atoms with Crippen molar-refractivity contribution in [3.8, 4) is 12.3 Å².